The quantitative estimate of drug-likeness (QED) is 0.826. The molecule has 0 aromatic heterocycles. The molecule has 3 aliphatic rings. The summed E-state index contributed by atoms with van der Waals surface area (Å²) in [6.45, 7) is 5.31. The third kappa shape index (κ3) is 3.21. The minimum Gasteiger partial charge on any atom is -0.369 e. The van der Waals surface area contributed by atoms with Crippen LogP contribution in [0.1, 0.15) is 80.6 Å². The van der Waals surface area contributed by atoms with Crippen molar-refractivity contribution < 1.29 is 14.4 Å². The number of amides is 3. The van der Waals surface area contributed by atoms with Gasteiger partial charge in [0.05, 0.1) is 11.5 Å². The highest BCUT2D eigenvalue weighted by Crippen LogP contribution is 2.52. The number of nitrogens with zero attached hydrogens (tertiary/aromatic N) is 2. The molecular formula is C24H33N3O3. The van der Waals surface area contributed by atoms with Crippen LogP contribution in [0, 0.1) is 5.92 Å². The van der Waals surface area contributed by atoms with Crippen LogP contribution >= 0.6 is 0 Å². The molecule has 2 unspecified atom stereocenters. The Labute approximate surface area is 178 Å². The number of likely N-dealkylation sites (tertiary alicyclic amines) is 1. The van der Waals surface area contributed by atoms with Gasteiger partial charge in [0.15, 0.2) is 0 Å². The van der Waals surface area contributed by atoms with Crippen molar-refractivity contribution in [3.05, 3.63) is 35.4 Å². The summed E-state index contributed by atoms with van der Waals surface area (Å²) in [5, 5.41) is 0. The molecular weight excluding hydrogens is 378 g/mol. The Morgan fingerprint density at radius 1 is 1.17 bits per heavy atom. The summed E-state index contributed by atoms with van der Waals surface area (Å²) < 4.78 is 0. The van der Waals surface area contributed by atoms with Gasteiger partial charge in [-0.25, -0.2) is 0 Å². The lowest BCUT2D eigenvalue weighted by Crippen LogP contribution is -2.63. The second-order valence-corrected chi connectivity index (χ2v) is 9.27. The molecule has 162 valence electrons. The van der Waals surface area contributed by atoms with Gasteiger partial charge in [0, 0.05) is 30.6 Å². The van der Waals surface area contributed by atoms with Crippen LogP contribution in [0.5, 0.6) is 0 Å². The molecule has 2 heterocycles. The molecule has 2 atom stereocenters. The third-order valence-electron chi connectivity index (χ3n) is 7.70. The summed E-state index contributed by atoms with van der Waals surface area (Å²) in [5.74, 6) is -0.586. The smallest absolute Gasteiger partial charge is 0.254 e. The summed E-state index contributed by atoms with van der Waals surface area (Å²) in [6.07, 6.45) is 5.91. The Hall–Kier alpha value is -2.37. The summed E-state index contributed by atoms with van der Waals surface area (Å²) in [4.78, 5) is 43.1. The molecule has 3 amide bonds. The number of nitrogens with two attached hydrogens (primary N) is 1. The van der Waals surface area contributed by atoms with E-state index in [2.05, 4.69) is 18.7 Å². The Balaban J connectivity index is 1.76. The van der Waals surface area contributed by atoms with Gasteiger partial charge in [-0.05, 0) is 50.7 Å². The number of hydrogen-bond acceptors (Lipinski definition) is 3. The summed E-state index contributed by atoms with van der Waals surface area (Å²) >= 11 is 0. The maximum Gasteiger partial charge on any atom is 0.254 e. The Kier molecular flexibility index (Phi) is 5.60. The van der Waals surface area contributed by atoms with E-state index in [-0.39, 0.29) is 35.6 Å². The highest BCUT2D eigenvalue weighted by atomic mass is 16.2. The van der Waals surface area contributed by atoms with Crippen molar-refractivity contribution in [1.82, 2.24) is 9.80 Å². The Morgan fingerprint density at radius 2 is 1.80 bits per heavy atom. The van der Waals surface area contributed by atoms with Gasteiger partial charge < -0.3 is 15.5 Å². The lowest BCUT2D eigenvalue weighted by atomic mass is 9.70. The van der Waals surface area contributed by atoms with Gasteiger partial charge in [0.25, 0.3) is 5.91 Å². The molecule has 2 fully saturated rings. The maximum absolute atomic E-state index is 14.0. The predicted molar refractivity (Wildman–Crippen MR) is 115 cm³/mol. The summed E-state index contributed by atoms with van der Waals surface area (Å²) in [6, 6.07) is 7.75. The molecule has 6 nitrogen and oxygen atoms in total. The number of primary amides is 1. The summed E-state index contributed by atoms with van der Waals surface area (Å²) in [5.41, 5.74) is 6.59. The van der Waals surface area contributed by atoms with E-state index in [4.69, 9.17) is 5.73 Å². The lowest BCUT2D eigenvalue weighted by molar-refractivity contribution is -0.140. The van der Waals surface area contributed by atoms with Gasteiger partial charge in [0.2, 0.25) is 11.8 Å². The number of rotatable bonds is 4. The minimum atomic E-state index is -0.446. The van der Waals surface area contributed by atoms with Crippen molar-refractivity contribution in [2.45, 2.75) is 76.3 Å². The predicted octanol–water partition coefficient (Wildman–Crippen LogP) is 3.06. The largest absolute Gasteiger partial charge is 0.369 e. The highest BCUT2D eigenvalue weighted by Gasteiger charge is 2.57. The fourth-order valence-corrected chi connectivity index (χ4v) is 5.97. The number of benzene rings is 1. The number of piperidine rings is 1. The first kappa shape index (κ1) is 20.9. The van der Waals surface area contributed by atoms with Gasteiger partial charge >= 0.3 is 0 Å². The molecule has 0 radical (unpaired) electrons. The minimum absolute atomic E-state index is 0.0679. The molecule has 2 aliphatic heterocycles. The molecule has 2 N–H and O–H groups in total. The molecule has 1 spiro atoms. The standard InChI is InChI=1S/C24H33N3O3/c1-3-16(2)27-22(29)19-9-5-4-8-18(19)20(24(27)12-6-7-13-24)23(30)26-14-10-17(11-15-26)21(25)28/h4-5,8-9,16-17,20H,3,6-7,10-15H2,1-2H3,(H2,25,28). The fraction of sp³-hybridized carbons (Fsp3) is 0.625. The second kappa shape index (κ2) is 8.05. The van der Waals surface area contributed by atoms with Crippen LogP contribution in [-0.2, 0) is 9.59 Å². The van der Waals surface area contributed by atoms with Crippen LogP contribution in [0.15, 0.2) is 24.3 Å². The molecule has 30 heavy (non-hydrogen) atoms. The van der Waals surface area contributed by atoms with E-state index in [1.165, 1.54) is 0 Å². The first-order chi connectivity index (χ1) is 14.4. The van der Waals surface area contributed by atoms with E-state index >= 15 is 0 Å². The molecule has 6 heteroatoms. The van der Waals surface area contributed by atoms with Crippen LogP contribution in [0.3, 0.4) is 0 Å². The van der Waals surface area contributed by atoms with Crippen molar-refractivity contribution in [3.63, 3.8) is 0 Å². The zero-order chi connectivity index (χ0) is 21.5. The Bertz CT molecular complexity index is 838. The molecule has 1 saturated heterocycles. The normalized spacial score (nSPS) is 24.7. The summed E-state index contributed by atoms with van der Waals surface area (Å²) in [7, 11) is 0. The van der Waals surface area contributed by atoms with Crippen molar-refractivity contribution >= 4 is 17.7 Å². The fourth-order valence-electron chi connectivity index (χ4n) is 5.97. The lowest BCUT2D eigenvalue weighted by Gasteiger charge is -2.53. The molecule has 1 aliphatic carbocycles. The number of hydrogen-bond donors (Lipinski definition) is 1. The first-order valence-corrected chi connectivity index (χ1v) is 11.4. The number of carbonyl (C=O) groups excluding carboxylic acids is 3. The molecule has 1 saturated carbocycles. The second-order valence-electron chi connectivity index (χ2n) is 9.27. The monoisotopic (exact) mass is 411 g/mol. The van der Waals surface area contributed by atoms with Gasteiger partial charge in [-0.2, -0.15) is 0 Å². The third-order valence-corrected chi connectivity index (χ3v) is 7.70. The van der Waals surface area contributed by atoms with E-state index in [9.17, 15) is 14.4 Å². The molecule has 1 aromatic carbocycles. The van der Waals surface area contributed by atoms with Gasteiger partial charge in [-0.3, -0.25) is 14.4 Å². The van der Waals surface area contributed by atoms with E-state index in [0.29, 0.717) is 31.5 Å². The van der Waals surface area contributed by atoms with Gasteiger partial charge in [-0.1, -0.05) is 38.0 Å². The van der Waals surface area contributed by atoms with Crippen LogP contribution in [0.2, 0.25) is 0 Å². The van der Waals surface area contributed by atoms with Crippen molar-refractivity contribution in [2.24, 2.45) is 11.7 Å². The van der Waals surface area contributed by atoms with Crippen LogP contribution < -0.4 is 5.73 Å². The van der Waals surface area contributed by atoms with Crippen molar-refractivity contribution in [3.8, 4) is 0 Å². The van der Waals surface area contributed by atoms with E-state index in [0.717, 1.165) is 37.7 Å². The number of fused-ring (bicyclic) bond motifs is 1. The van der Waals surface area contributed by atoms with Gasteiger partial charge in [-0.15, -0.1) is 0 Å². The zero-order valence-electron chi connectivity index (χ0n) is 18.1. The molecule has 1 aromatic rings. The van der Waals surface area contributed by atoms with Crippen molar-refractivity contribution in [2.75, 3.05) is 13.1 Å². The van der Waals surface area contributed by atoms with E-state index in [1.54, 1.807) is 0 Å². The van der Waals surface area contributed by atoms with Gasteiger partial charge in [0.1, 0.15) is 0 Å². The Morgan fingerprint density at radius 3 is 2.40 bits per heavy atom. The van der Waals surface area contributed by atoms with E-state index < -0.39 is 5.54 Å². The zero-order valence-corrected chi connectivity index (χ0v) is 18.1. The van der Waals surface area contributed by atoms with Crippen molar-refractivity contribution in [1.29, 1.82) is 0 Å². The number of carbonyl (C=O) groups is 3. The SMILES string of the molecule is CCC(C)N1C(=O)c2ccccc2C(C(=O)N2CCC(C(N)=O)CC2)C12CCCC2. The van der Waals surface area contributed by atoms with Crippen LogP contribution in [0.25, 0.3) is 0 Å². The van der Waals surface area contributed by atoms with Crippen LogP contribution in [-0.4, -0.2) is 52.2 Å². The van der Waals surface area contributed by atoms with E-state index in [1.807, 2.05) is 29.2 Å². The average Bonchev–Trinajstić information content (AvgIpc) is 3.23. The maximum atomic E-state index is 14.0. The highest BCUT2D eigenvalue weighted by molar-refractivity contribution is 6.02. The van der Waals surface area contributed by atoms with Crippen LogP contribution in [0.4, 0.5) is 0 Å². The molecule has 0 bridgehead atoms. The average molecular weight is 412 g/mol. The molecule has 4 rings (SSSR count). The first-order valence-electron chi connectivity index (χ1n) is 11.4. The topological polar surface area (TPSA) is 83.7 Å².